The minimum absolute atomic E-state index is 0.114. The van der Waals surface area contributed by atoms with E-state index < -0.39 is 29.6 Å². The molecule has 1 atom stereocenters. The van der Waals surface area contributed by atoms with E-state index in [-0.39, 0.29) is 19.1 Å². The van der Waals surface area contributed by atoms with Gasteiger partial charge < -0.3 is 19.7 Å². The monoisotopic (exact) mass is 378 g/mol. The Morgan fingerprint density at radius 1 is 1.11 bits per heavy atom. The quantitative estimate of drug-likeness (QED) is 0.738. The predicted octanol–water partition coefficient (Wildman–Crippen LogP) is 2.74. The molecule has 0 aliphatic heterocycles. The molecule has 7 heteroatoms. The molecule has 0 aliphatic carbocycles. The van der Waals surface area contributed by atoms with Gasteiger partial charge in [0.25, 0.3) is 0 Å². The molecule has 1 rings (SSSR count). The second kappa shape index (κ2) is 9.94. The molecule has 0 saturated heterocycles. The molecule has 2 amide bonds. The van der Waals surface area contributed by atoms with Gasteiger partial charge in [-0.3, -0.25) is 4.79 Å². The van der Waals surface area contributed by atoms with Crippen LogP contribution in [0.25, 0.3) is 0 Å². The van der Waals surface area contributed by atoms with Crippen LogP contribution in [0, 0.1) is 5.92 Å². The van der Waals surface area contributed by atoms with Crippen molar-refractivity contribution in [2.24, 2.45) is 5.92 Å². The maximum atomic E-state index is 12.4. The fourth-order valence-corrected chi connectivity index (χ4v) is 2.44. The topological polar surface area (TPSA) is 84.9 Å². The van der Waals surface area contributed by atoms with Gasteiger partial charge in [0.1, 0.15) is 24.8 Å². The fourth-order valence-electron chi connectivity index (χ4n) is 2.44. The Hall–Kier alpha value is -2.57. The second-order valence-corrected chi connectivity index (χ2v) is 7.64. The Labute approximate surface area is 161 Å². The van der Waals surface area contributed by atoms with Crippen molar-refractivity contribution in [3.8, 4) is 0 Å². The summed E-state index contributed by atoms with van der Waals surface area (Å²) in [7, 11) is 1.52. The zero-order chi connectivity index (χ0) is 20.6. The summed E-state index contributed by atoms with van der Waals surface area (Å²) in [4.78, 5) is 37.9. The van der Waals surface area contributed by atoms with Crippen LogP contribution >= 0.6 is 0 Å². The SMILES string of the molecule is CC(C)C(C(=O)OC(C)(C)C)N(C)C(=O)CNC(=O)OCc1ccccc1. The van der Waals surface area contributed by atoms with Crippen LogP contribution in [0.3, 0.4) is 0 Å². The lowest BCUT2D eigenvalue weighted by Gasteiger charge is -2.32. The van der Waals surface area contributed by atoms with Crippen LogP contribution in [0.5, 0.6) is 0 Å². The molecule has 1 N–H and O–H groups in total. The first-order valence-electron chi connectivity index (χ1n) is 8.94. The molecule has 0 bridgehead atoms. The normalized spacial score (nSPS) is 12.3. The van der Waals surface area contributed by atoms with Crippen molar-refractivity contribution in [1.82, 2.24) is 10.2 Å². The van der Waals surface area contributed by atoms with Crippen molar-refractivity contribution in [2.75, 3.05) is 13.6 Å². The highest BCUT2D eigenvalue weighted by atomic mass is 16.6. The van der Waals surface area contributed by atoms with Gasteiger partial charge in [0.2, 0.25) is 5.91 Å². The van der Waals surface area contributed by atoms with Crippen molar-refractivity contribution in [3.63, 3.8) is 0 Å². The molecule has 27 heavy (non-hydrogen) atoms. The molecule has 0 radical (unpaired) electrons. The lowest BCUT2D eigenvalue weighted by atomic mass is 10.0. The van der Waals surface area contributed by atoms with Gasteiger partial charge in [-0.15, -0.1) is 0 Å². The van der Waals surface area contributed by atoms with Crippen LogP contribution in [0.4, 0.5) is 4.79 Å². The lowest BCUT2D eigenvalue weighted by Crippen LogP contribution is -2.50. The van der Waals surface area contributed by atoms with E-state index in [1.807, 2.05) is 44.2 Å². The van der Waals surface area contributed by atoms with Gasteiger partial charge in [-0.05, 0) is 32.3 Å². The zero-order valence-electron chi connectivity index (χ0n) is 16.9. The maximum Gasteiger partial charge on any atom is 0.407 e. The molecule has 7 nitrogen and oxygen atoms in total. The molecule has 150 valence electrons. The van der Waals surface area contributed by atoms with E-state index in [0.29, 0.717) is 0 Å². The number of nitrogens with zero attached hydrogens (tertiary/aromatic N) is 1. The van der Waals surface area contributed by atoms with Crippen molar-refractivity contribution >= 4 is 18.0 Å². The molecule has 1 aromatic rings. The van der Waals surface area contributed by atoms with Crippen LogP contribution in [0.15, 0.2) is 30.3 Å². The number of likely N-dealkylation sites (N-methyl/N-ethyl adjacent to an activating group) is 1. The molecule has 0 spiro atoms. The fraction of sp³-hybridized carbons (Fsp3) is 0.550. The summed E-state index contributed by atoms with van der Waals surface area (Å²) in [5.41, 5.74) is 0.203. The summed E-state index contributed by atoms with van der Waals surface area (Å²) in [6.45, 7) is 8.83. The number of alkyl carbamates (subject to hydrolysis) is 1. The van der Waals surface area contributed by atoms with E-state index in [4.69, 9.17) is 9.47 Å². The number of ether oxygens (including phenoxy) is 2. The van der Waals surface area contributed by atoms with E-state index >= 15 is 0 Å². The number of benzene rings is 1. The maximum absolute atomic E-state index is 12.4. The predicted molar refractivity (Wildman–Crippen MR) is 102 cm³/mol. The van der Waals surface area contributed by atoms with Crippen molar-refractivity contribution in [2.45, 2.75) is 52.9 Å². The third-order valence-electron chi connectivity index (χ3n) is 3.69. The number of carbonyl (C=O) groups is 3. The number of hydrogen-bond donors (Lipinski definition) is 1. The number of esters is 1. The molecule has 0 fully saturated rings. The number of rotatable bonds is 7. The third-order valence-corrected chi connectivity index (χ3v) is 3.69. The first kappa shape index (κ1) is 22.5. The standard InChI is InChI=1S/C20H30N2O5/c1-14(2)17(18(24)27-20(3,4)5)22(6)16(23)12-21-19(25)26-13-15-10-8-7-9-11-15/h7-11,14,17H,12-13H2,1-6H3,(H,21,25). The van der Waals surface area contributed by atoms with Gasteiger partial charge in [-0.2, -0.15) is 0 Å². The Balaban J connectivity index is 2.55. The van der Waals surface area contributed by atoms with Crippen molar-refractivity contribution < 1.29 is 23.9 Å². The summed E-state index contributed by atoms with van der Waals surface area (Å²) in [6, 6.07) is 8.49. The van der Waals surface area contributed by atoms with Gasteiger partial charge in [0.15, 0.2) is 0 Å². The molecule has 1 aromatic carbocycles. The summed E-state index contributed by atoms with van der Waals surface area (Å²) < 4.78 is 10.5. The van der Waals surface area contributed by atoms with Crippen molar-refractivity contribution in [3.05, 3.63) is 35.9 Å². The van der Waals surface area contributed by atoms with E-state index in [0.717, 1.165) is 5.56 Å². The highest BCUT2D eigenvalue weighted by Crippen LogP contribution is 2.16. The molecule has 1 unspecified atom stereocenters. The Morgan fingerprint density at radius 2 is 1.70 bits per heavy atom. The van der Waals surface area contributed by atoms with E-state index in [1.165, 1.54) is 11.9 Å². The highest BCUT2D eigenvalue weighted by molar-refractivity contribution is 5.87. The van der Waals surface area contributed by atoms with Crippen LogP contribution in [-0.2, 0) is 25.7 Å². The summed E-state index contributed by atoms with van der Waals surface area (Å²) in [5.74, 6) is -1.02. The summed E-state index contributed by atoms with van der Waals surface area (Å²) in [5, 5.41) is 2.41. The van der Waals surface area contributed by atoms with E-state index in [1.54, 1.807) is 20.8 Å². The van der Waals surface area contributed by atoms with Gasteiger partial charge in [-0.1, -0.05) is 44.2 Å². The summed E-state index contributed by atoms with van der Waals surface area (Å²) >= 11 is 0. The Bertz CT molecular complexity index is 638. The number of amides is 2. The van der Waals surface area contributed by atoms with E-state index in [2.05, 4.69) is 5.32 Å². The zero-order valence-corrected chi connectivity index (χ0v) is 16.9. The lowest BCUT2D eigenvalue weighted by molar-refractivity contribution is -0.165. The molecular weight excluding hydrogens is 348 g/mol. The smallest absolute Gasteiger partial charge is 0.407 e. The molecular formula is C20H30N2O5. The number of nitrogens with one attached hydrogen (secondary N) is 1. The van der Waals surface area contributed by atoms with E-state index in [9.17, 15) is 14.4 Å². The number of hydrogen-bond acceptors (Lipinski definition) is 5. The molecule has 0 aliphatic rings. The Kier molecular flexibility index (Phi) is 8.28. The average molecular weight is 378 g/mol. The largest absolute Gasteiger partial charge is 0.458 e. The minimum atomic E-state index is -0.737. The second-order valence-electron chi connectivity index (χ2n) is 7.64. The van der Waals surface area contributed by atoms with Crippen LogP contribution in [0.1, 0.15) is 40.2 Å². The number of carbonyl (C=O) groups excluding carboxylic acids is 3. The van der Waals surface area contributed by atoms with Crippen molar-refractivity contribution in [1.29, 1.82) is 0 Å². The summed E-state index contributed by atoms with van der Waals surface area (Å²) in [6.07, 6.45) is -0.695. The van der Waals surface area contributed by atoms with Crippen LogP contribution in [0.2, 0.25) is 0 Å². The molecule has 0 aromatic heterocycles. The average Bonchev–Trinajstić information content (AvgIpc) is 2.56. The van der Waals surface area contributed by atoms with Gasteiger partial charge >= 0.3 is 12.1 Å². The molecule has 0 saturated carbocycles. The van der Waals surface area contributed by atoms with Gasteiger partial charge in [0.05, 0.1) is 0 Å². The minimum Gasteiger partial charge on any atom is -0.458 e. The highest BCUT2D eigenvalue weighted by Gasteiger charge is 2.33. The van der Waals surface area contributed by atoms with Gasteiger partial charge in [0, 0.05) is 7.05 Å². The first-order valence-corrected chi connectivity index (χ1v) is 8.94. The van der Waals surface area contributed by atoms with Crippen LogP contribution < -0.4 is 5.32 Å². The molecule has 0 heterocycles. The van der Waals surface area contributed by atoms with Gasteiger partial charge in [-0.25, -0.2) is 9.59 Å². The Morgan fingerprint density at radius 3 is 2.22 bits per heavy atom. The third kappa shape index (κ3) is 8.11. The van der Waals surface area contributed by atoms with Crippen LogP contribution in [-0.4, -0.2) is 48.1 Å². The first-order chi connectivity index (χ1) is 12.5.